The minimum Gasteiger partial charge on any atom is -0.497 e. The highest BCUT2D eigenvalue weighted by molar-refractivity contribution is 7.98. The van der Waals surface area contributed by atoms with E-state index in [1.165, 1.54) is 11.1 Å². The summed E-state index contributed by atoms with van der Waals surface area (Å²) in [6.45, 7) is 2.07. The monoisotopic (exact) mass is 422 g/mol. The summed E-state index contributed by atoms with van der Waals surface area (Å²) in [5.74, 6) is 1.54. The summed E-state index contributed by atoms with van der Waals surface area (Å²) < 4.78 is 5.30. The molecule has 1 heterocycles. The van der Waals surface area contributed by atoms with Gasteiger partial charge >= 0.3 is 0 Å². The van der Waals surface area contributed by atoms with Crippen LogP contribution in [0.15, 0.2) is 90.0 Å². The molecule has 3 nitrogen and oxygen atoms in total. The van der Waals surface area contributed by atoms with Crippen molar-refractivity contribution in [1.29, 1.82) is 5.26 Å². The summed E-state index contributed by atoms with van der Waals surface area (Å²) in [6, 6.07) is 30.8. The standard InChI is InChI=1S/C27H22N2OS/c1-19-8-10-22(11-9-19)26-16-24(21-12-14-23(30-2)15-13-21)25(17-28)27(29-26)31-18-20-6-4-3-5-7-20/h3-16H,18H2,1-2H3. The number of ether oxygens (including phenoxy) is 1. The Bertz CT molecular complexity index is 1210. The highest BCUT2D eigenvalue weighted by atomic mass is 32.2. The Morgan fingerprint density at radius 3 is 2.23 bits per heavy atom. The summed E-state index contributed by atoms with van der Waals surface area (Å²) in [4.78, 5) is 4.89. The second kappa shape index (κ2) is 9.51. The number of thioether (sulfide) groups is 1. The fourth-order valence-electron chi connectivity index (χ4n) is 3.33. The molecule has 0 fully saturated rings. The number of hydrogen-bond acceptors (Lipinski definition) is 4. The van der Waals surface area contributed by atoms with Gasteiger partial charge in [-0.3, -0.25) is 0 Å². The Hall–Kier alpha value is -3.55. The van der Waals surface area contributed by atoms with Gasteiger partial charge in [-0.25, -0.2) is 4.98 Å². The molecule has 31 heavy (non-hydrogen) atoms. The van der Waals surface area contributed by atoms with E-state index in [0.717, 1.165) is 38.9 Å². The lowest BCUT2D eigenvalue weighted by Gasteiger charge is -2.13. The van der Waals surface area contributed by atoms with Gasteiger partial charge in [0.2, 0.25) is 0 Å². The Morgan fingerprint density at radius 1 is 0.903 bits per heavy atom. The largest absolute Gasteiger partial charge is 0.497 e. The summed E-state index contributed by atoms with van der Waals surface area (Å²) >= 11 is 1.59. The van der Waals surface area contributed by atoms with E-state index in [-0.39, 0.29) is 0 Å². The van der Waals surface area contributed by atoms with E-state index in [2.05, 4.69) is 49.4 Å². The minimum absolute atomic E-state index is 0.599. The molecular formula is C27H22N2OS. The van der Waals surface area contributed by atoms with Gasteiger partial charge in [-0.2, -0.15) is 5.26 Å². The zero-order valence-electron chi connectivity index (χ0n) is 17.5. The van der Waals surface area contributed by atoms with Crippen LogP contribution in [0.1, 0.15) is 16.7 Å². The third kappa shape index (κ3) is 4.79. The number of aryl methyl sites for hydroxylation is 1. The Balaban J connectivity index is 1.82. The Kier molecular flexibility index (Phi) is 6.35. The van der Waals surface area contributed by atoms with E-state index < -0.39 is 0 Å². The molecule has 0 aliphatic rings. The summed E-state index contributed by atoms with van der Waals surface area (Å²) in [6.07, 6.45) is 0. The first-order chi connectivity index (χ1) is 15.2. The van der Waals surface area contributed by atoms with Crippen LogP contribution in [0.2, 0.25) is 0 Å². The van der Waals surface area contributed by atoms with E-state index in [1.54, 1.807) is 18.9 Å². The Labute approximate surface area is 187 Å². The predicted molar refractivity (Wildman–Crippen MR) is 127 cm³/mol. The molecule has 4 rings (SSSR count). The van der Waals surface area contributed by atoms with Crippen molar-refractivity contribution in [2.45, 2.75) is 17.7 Å². The Morgan fingerprint density at radius 2 is 1.58 bits per heavy atom. The minimum atomic E-state index is 0.599. The van der Waals surface area contributed by atoms with Crippen molar-refractivity contribution >= 4 is 11.8 Å². The SMILES string of the molecule is COc1ccc(-c2cc(-c3ccc(C)cc3)nc(SCc3ccccc3)c2C#N)cc1. The third-order valence-corrected chi connectivity index (χ3v) is 6.11. The number of benzene rings is 3. The van der Waals surface area contributed by atoms with Gasteiger partial charge in [0.15, 0.2) is 0 Å². The molecule has 0 spiro atoms. The van der Waals surface area contributed by atoms with E-state index in [4.69, 9.17) is 9.72 Å². The maximum Gasteiger partial charge on any atom is 0.118 e. The normalized spacial score (nSPS) is 10.5. The first-order valence-electron chi connectivity index (χ1n) is 10.0. The fraction of sp³-hybridized carbons (Fsp3) is 0.111. The van der Waals surface area contributed by atoms with Gasteiger partial charge in [0.1, 0.15) is 16.8 Å². The number of nitriles is 1. The zero-order chi connectivity index (χ0) is 21.6. The van der Waals surface area contributed by atoms with Gasteiger partial charge < -0.3 is 4.74 Å². The van der Waals surface area contributed by atoms with Crippen molar-refractivity contribution in [3.05, 3.63) is 102 Å². The van der Waals surface area contributed by atoms with Crippen molar-refractivity contribution in [2.75, 3.05) is 7.11 Å². The van der Waals surface area contributed by atoms with Gasteiger partial charge in [-0.05, 0) is 36.2 Å². The molecule has 0 aliphatic carbocycles. The lowest BCUT2D eigenvalue weighted by atomic mass is 9.99. The molecule has 4 aromatic rings. The van der Waals surface area contributed by atoms with Crippen LogP contribution in [0.5, 0.6) is 5.75 Å². The van der Waals surface area contributed by atoms with Crippen LogP contribution in [0.25, 0.3) is 22.4 Å². The number of pyridine rings is 1. The van der Waals surface area contributed by atoms with Crippen molar-refractivity contribution < 1.29 is 4.74 Å². The number of rotatable bonds is 6. The molecule has 152 valence electrons. The highest BCUT2D eigenvalue weighted by Crippen LogP contribution is 2.36. The molecule has 0 N–H and O–H groups in total. The van der Waals surface area contributed by atoms with Gasteiger partial charge in [0.05, 0.1) is 18.4 Å². The van der Waals surface area contributed by atoms with Gasteiger partial charge in [0, 0.05) is 16.9 Å². The highest BCUT2D eigenvalue weighted by Gasteiger charge is 2.16. The van der Waals surface area contributed by atoms with E-state index >= 15 is 0 Å². The molecule has 0 amide bonds. The first kappa shape index (κ1) is 20.7. The molecule has 0 saturated heterocycles. The van der Waals surface area contributed by atoms with Crippen molar-refractivity contribution in [2.24, 2.45) is 0 Å². The summed E-state index contributed by atoms with van der Waals surface area (Å²) in [5.41, 5.74) is 6.74. The van der Waals surface area contributed by atoms with Crippen LogP contribution in [0, 0.1) is 18.3 Å². The number of aromatic nitrogens is 1. The average molecular weight is 423 g/mol. The molecule has 0 aliphatic heterocycles. The fourth-order valence-corrected chi connectivity index (χ4v) is 4.29. The summed E-state index contributed by atoms with van der Waals surface area (Å²) in [5, 5.41) is 10.8. The first-order valence-corrected chi connectivity index (χ1v) is 11.0. The molecule has 0 unspecified atom stereocenters. The summed E-state index contributed by atoms with van der Waals surface area (Å²) in [7, 11) is 1.65. The number of hydrogen-bond donors (Lipinski definition) is 0. The second-order valence-electron chi connectivity index (χ2n) is 7.22. The van der Waals surface area contributed by atoms with Crippen LogP contribution < -0.4 is 4.74 Å². The van der Waals surface area contributed by atoms with Crippen LogP contribution in [-0.2, 0) is 5.75 Å². The lowest BCUT2D eigenvalue weighted by Crippen LogP contribution is -1.96. The number of methoxy groups -OCH3 is 1. The number of nitrogens with zero attached hydrogens (tertiary/aromatic N) is 2. The zero-order valence-corrected chi connectivity index (χ0v) is 18.3. The van der Waals surface area contributed by atoms with Gasteiger partial charge in [-0.1, -0.05) is 72.3 Å². The predicted octanol–water partition coefficient (Wildman–Crippen LogP) is 6.90. The molecule has 0 atom stereocenters. The van der Waals surface area contributed by atoms with Crippen LogP contribution in [-0.4, -0.2) is 12.1 Å². The smallest absolute Gasteiger partial charge is 0.118 e. The van der Waals surface area contributed by atoms with E-state index in [0.29, 0.717) is 5.56 Å². The molecule has 3 aromatic carbocycles. The van der Waals surface area contributed by atoms with Crippen molar-refractivity contribution in [3.63, 3.8) is 0 Å². The average Bonchev–Trinajstić information content (AvgIpc) is 2.83. The van der Waals surface area contributed by atoms with Gasteiger partial charge in [-0.15, -0.1) is 11.8 Å². The van der Waals surface area contributed by atoms with Gasteiger partial charge in [0.25, 0.3) is 0 Å². The molecule has 1 aromatic heterocycles. The van der Waals surface area contributed by atoms with E-state index in [1.807, 2.05) is 48.5 Å². The third-order valence-electron chi connectivity index (χ3n) is 5.06. The van der Waals surface area contributed by atoms with Crippen LogP contribution >= 0.6 is 11.8 Å². The molecular weight excluding hydrogens is 400 g/mol. The lowest BCUT2D eigenvalue weighted by molar-refractivity contribution is 0.415. The van der Waals surface area contributed by atoms with Crippen LogP contribution in [0.3, 0.4) is 0 Å². The second-order valence-corrected chi connectivity index (χ2v) is 8.18. The quantitative estimate of drug-likeness (QED) is 0.317. The van der Waals surface area contributed by atoms with Crippen molar-refractivity contribution in [3.8, 4) is 34.2 Å². The van der Waals surface area contributed by atoms with Crippen LogP contribution in [0.4, 0.5) is 0 Å². The maximum atomic E-state index is 10.0. The molecule has 0 bridgehead atoms. The topological polar surface area (TPSA) is 45.9 Å². The molecule has 4 heteroatoms. The molecule has 0 saturated carbocycles. The van der Waals surface area contributed by atoms with Crippen molar-refractivity contribution in [1.82, 2.24) is 4.98 Å². The maximum absolute atomic E-state index is 10.0. The molecule has 0 radical (unpaired) electrons. The van der Waals surface area contributed by atoms with E-state index in [9.17, 15) is 5.26 Å².